The normalized spacial score (nSPS) is 18.1. The lowest BCUT2D eigenvalue weighted by molar-refractivity contribution is 0.0721. The van der Waals surface area contributed by atoms with Crippen LogP contribution in [-0.4, -0.2) is 38.5 Å². The first-order valence-corrected chi connectivity index (χ1v) is 6.01. The first kappa shape index (κ1) is 10.7. The summed E-state index contributed by atoms with van der Waals surface area (Å²) in [6.45, 7) is 1.65. The van der Waals surface area contributed by atoms with E-state index in [4.69, 9.17) is 0 Å². The Hall–Kier alpha value is -0.840. The predicted octanol–water partition coefficient (Wildman–Crippen LogP) is 1.42. The molecule has 1 fully saturated rings. The van der Waals surface area contributed by atoms with Gasteiger partial charge in [-0.05, 0) is 18.9 Å². The van der Waals surface area contributed by atoms with Gasteiger partial charge in [-0.3, -0.25) is 9.48 Å². The Labute approximate surface area is 97.4 Å². The molecule has 0 aliphatic carbocycles. The first-order valence-electron chi connectivity index (χ1n) is 5.10. The molecule has 0 atom stereocenters. The van der Waals surface area contributed by atoms with Crippen LogP contribution in [0.5, 0.6) is 0 Å². The van der Waals surface area contributed by atoms with Crippen molar-refractivity contribution in [2.75, 3.05) is 13.1 Å². The smallest absolute Gasteiger partial charge is 0.274 e. The fourth-order valence-electron chi connectivity index (χ4n) is 1.74. The number of halogens is 1. The summed E-state index contributed by atoms with van der Waals surface area (Å²) in [4.78, 5) is 14.4. The van der Waals surface area contributed by atoms with Crippen molar-refractivity contribution in [3.05, 3.63) is 18.0 Å². The SMILES string of the molecule is Cn1ccc(C(=O)N2CCC(Br)CC2)n1. The molecular weight excluding hydrogens is 258 g/mol. The van der Waals surface area contributed by atoms with E-state index < -0.39 is 0 Å². The monoisotopic (exact) mass is 271 g/mol. The molecule has 0 aromatic carbocycles. The summed E-state index contributed by atoms with van der Waals surface area (Å²) < 4.78 is 1.66. The molecule has 1 aliphatic rings. The van der Waals surface area contributed by atoms with Crippen LogP contribution in [0.3, 0.4) is 0 Å². The molecule has 15 heavy (non-hydrogen) atoms. The number of hydrogen-bond acceptors (Lipinski definition) is 2. The lowest BCUT2D eigenvalue weighted by Gasteiger charge is -2.28. The van der Waals surface area contributed by atoms with Crippen LogP contribution in [-0.2, 0) is 7.05 Å². The molecule has 1 amide bonds. The van der Waals surface area contributed by atoms with E-state index in [1.807, 2.05) is 11.9 Å². The van der Waals surface area contributed by atoms with E-state index in [1.165, 1.54) is 0 Å². The molecule has 0 saturated carbocycles. The van der Waals surface area contributed by atoms with Crippen LogP contribution in [0.1, 0.15) is 23.3 Å². The third kappa shape index (κ3) is 2.40. The van der Waals surface area contributed by atoms with Gasteiger partial charge in [0.15, 0.2) is 0 Å². The van der Waals surface area contributed by atoms with Crippen molar-refractivity contribution >= 4 is 21.8 Å². The summed E-state index contributed by atoms with van der Waals surface area (Å²) in [6, 6.07) is 1.77. The van der Waals surface area contributed by atoms with E-state index in [9.17, 15) is 4.79 Å². The quantitative estimate of drug-likeness (QED) is 0.725. The number of aromatic nitrogens is 2. The van der Waals surface area contributed by atoms with Gasteiger partial charge in [-0.15, -0.1) is 0 Å². The van der Waals surface area contributed by atoms with Crippen LogP contribution in [0.15, 0.2) is 12.3 Å². The van der Waals surface area contributed by atoms with Crippen LogP contribution in [0.2, 0.25) is 0 Å². The molecule has 4 nitrogen and oxygen atoms in total. The molecule has 0 unspecified atom stereocenters. The number of amides is 1. The van der Waals surface area contributed by atoms with Crippen molar-refractivity contribution < 1.29 is 4.79 Å². The fraction of sp³-hybridized carbons (Fsp3) is 0.600. The molecule has 0 spiro atoms. The number of likely N-dealkylation sites (tertiary alicyclic amines) is 1. The molecule has 5 heteroatoms. The van der Waals surface area contributed by atoms with Crippen molar-refractivity contribution in [3.63, 3.8) is 0 Å². The number of rotatable bonds is 1. The van der Waals surface area contributed by atoms with Crippen LogP contribution in [0.4, 0.5) is 0 Å². The Morgan fingerprint density at radius 1 is 1.53 bits per heavy atom. The number of carbonyl (C=O) groups excluding carboxylic acids is 1. The van der Waals surface area contributed by atoms with Crippen molar-refractivity contribution in [2.45, 2.75) is 17.7 Å². The maximum absolute atomic E-state index is 12.0. The average Bonchev–Trinajstić information content (AvgIpc) is 2.65. The minimum Gasteiger partial charge on any atom is -0.337 e. The van der Waals surface area contributed by atoms with Gasteiger partial charge in [-0.1, -0.05) is 15.9 Å². The minimum atomic E-state index is 0.0509. The molecule has 1 aromatic rings. The summed E-state index contributed by atoms with van der Waals surface area (Å²) in [5, 5.41) is 4.12. The molecular formula is C10H14BrN3O. The van der Waals surface area contributed by atoms with Gasteiger partial charge in [0.05, 0.1) is 0 Å². The Morgan fingerprint density at radius 2 is 2.20 bits per heavy atom. The zero-order valence-electron chi connectivity index (χ0n) is 8.69. The van der Waals surface area contributed by atoms with E-state index in [0.29, 0.717) is 10.5 Å². The van der Waals surface area contributed by atoms with Gasteiger partial charge in [-0.25, -0.2) is 0 Å². The second kappa shape index (κ2) is 4.35. The van der Waals surface area contributed by atoms with Gasteiger partial charge in [-0.2, -0.15) is 5.10 Å². The largest absolute Gasteiger partial charge is 0.337 e. The summed E-state index contributed by atoms with van der Waals surface area (Å²) in [7, 11) is 1.82. The minimum absolute atomic E-state index is 0.0509. The van der Waals surface area contributed by atoms with Crippen LogP contribution >= 0.6 is 15.9 Å². The van der Waals surface area contributed by atoms with Crippen molar-refractivity contribution in [1.82, 2.24) is 14.7 Å². The fourth-order valence-corrected chi connectivity index (χ4v) is 2.15. The standard InChI is InChI=1S/C10H14BrN3O/c1-13-5-4-9(12-13)10(15)14-6-2-8(11)3-7-14/h4-5,8H,2-3,6-7H2,1H3. The number of alkyl halides is 1. The summed E-state index contributed by atoms with van der Waals surface area (Å²) in [5.74, 6) is 0.0509. The summed E-state index contributed by atoms with van der Waals surface area (Å²) in [5.41, 5.74) is 0.547. The number of piperidine rings is 1. The molecule has 2 heterocycles. The van der Waals surface area contributed by atoms with Crippen molar-refractivity contribution in [3.8, 4) is 0 Å². The molecule has 0 N–H and O–H groups in total. The van der Waals surface area contributed by atoms with E-state index >= 15 is 0 Å². The lowest BCUT2D eigenvalue weighted by Crippen LogP contribution is -2.38. The van der Waals surface area contributed by atoms with Crippen LogP contribution in [0.25, 0.3) is 0 Å². The highest BCUT2D eigenvalue weighted by molar-refractivity contribution is 9.09. The third-order valence-electron chi connectivity index (χ3n) is 2.64. The molecule has 1 saturated heterocycles. The Bertz CT molecular complexity index is 355. The highest BCUT2D eigenvalue weighted by Crippen LogP contribution is 2.18. The Morgan fingerprint density at radius 3 is 2.73 bits per heavy atom. The number of hydrogen-bond donors (Lipinski definition) is 0. The highest BCUT2D eigenvalue weighted by atomic mass is 79.9. The molecule has 1 aromatic heterocycles. The molecule has 2 rings (SSSR count). The van der Waals surface area contributed by atoms with Crippen LogP contribution < -0.4 is 0 Å². The Kier molecular flexibility index (Phi) is 3.09. The van der Waals surface area contributed by atoms with Gasteiger partial charge in [0, 0.05) is 31.2 Å². The topological polar surface area (TPSA) is 38.1 Å². The van der Waals surface area contributed by atoms with Gasteiger partial charge >= 0.3 is 0 Å². The maximum Gasteiger partial charge on any atom is 0.274 e. The second-order valence-electron chi connectivity index (χ2n) is 3.84. The number of aryl methyl sites for hydroxylation is 1. The summed E-state index contributed by atoms with van der Waals surface area (Å²) in [6.07, 6.45) is 3.85. The number of carbonyl (C=O) groups is 1. The van der Waals surface area contributed by atoms with E-state index in [0.717, 1.165) is 25.9 Å². The molecule has 82 valence electrons. The molecule has 0 radical (unpaired) electrons. The maximum atomic E-state index is 12.0. The third-order valence-corrected chi connectivity index (χ3v) is 3.56. The zero-order chi connectivity index (χ0) is 10.8. The summed E-state index contributed by atoms with van der Waals surface area (Å²) >= 11 is 3.57. The predicted molar refractivity (Wildman–Crippen MR) is 61.1 cm³/mol. The van der Waals surface area contributed by atoms with E-state index in [1.54, 1.807) is 16.9 Å². The van der Waals surface area contributed by atoms with Gasteiger partial charge in [0.1, 0.15) is 5.69 Å². The van der Waals surface area contributed by atoms with E-state index in [-0.39, 0.29) is 5.91 Å². The van der Waals surface area contributed by atoms with Crippen molar-refractivity contribution in [1.29, 1.82) is 0 Å². The van der Waals surface area contributed by atoms with E-state index in [2.05, 4.69) is 21.0 Å². The average molecular weight is 272 g/mol. The zero-order valence-corrected chi connectivity index (χ0v) is 10.3. The first-order chi connectivity index (χ1) is 7.16. The second-order valence-corrected chi connectivity index (χ2v) is 5.14. The number of nitrogens with zero attached hydrogens (tertiary/aromatic N) is 3. The molecule has 0 bridgehead atoms. The van der Waals surface area contributed by atoms with Crippen LogP contribution in [0, 0.1) is 0 Å². The molecule has 1 aliphatic heterocycles. The van der Waals surface area contributed by atoms with Gasteiger partial charge in [0.25, 0.3) is 5.91 Å². The van der Waals surface area contributed by atoms with Gasteiger partial charge < -0.3 is 4.90 Å². The Balaban J connectivity index is 2.02. The lowest BCUT2D eigenvalue weighted by atomic mass is 10.1. The highest BCUT2D eigenvalue weighted by Gasteiger charge is 2.23. The van der Waals surface area contributed by atoms with Gasteiger partial charge in [0.2, 0.25) is 0 Å². The van der Waals surface area contributed by atoms with Crippen molar-refractivity contribution in [2.24, 2.45) is 7.05 Å².